The number of hydrogen-bond donors (Lipinski definition) is 1. The number of amides is 1. The van der Waals surface area contributed by atoms with Gasteiger partial charge < -0.3 is 5.32 Å². The van der Waals surface area contributed by atoms with Gasteiger partial charge in [-0.15, -0.1) is 0 Å². The summed E-state index contributed by atoms with van der Waals surface area (Å²) in [5.74, 6) is 1.51. The van der Waals surface area contributed by atoms with Crippen LogP contribution in [-0.4, -0.2) is 11.9 Å². The first kappa shape index (κ1) is 18.3. The standard InChI is InChI=1S/C19H23BrClNO/c1-12(2)13(3)22-19(23)7-5-4-6-14-10-16(14)15-8-9-18(21)17(20)11-15/h4-9,11-14,16H,10H2,1-3H3,(H,22,23)/b6-4+,7-5+/t13?,14-,16-/m1/s1. The predicted molar refractivity (Wildman–Crippen MR) is 101 cm³/mol. The maximum absolute atomic E-state index is 11.7. The number of allylic oxidation sites excluding steroid dienone is 3. The van der Waals surface area contributed by atoms with E-state index in [9.17, 15) is 4.79 Å². The van der Waals surface area contributed by atoms with Crippen molar-refractivity contribution < 1.29 is 4.79 Å². The van der Waals surface area contributed by atoms with Gasteiger partial charge in [-0.05, 0) is 64.7 Å². The Bertz CT molecular complexity index is 624. The van der Waals surface area contributed by atoms with Crippen LogP contribution >= 0.6 is 27.5 Å². The van der Waals surface area contributed by atoms with Crippen molar-refractivity contribution in [1.82, 2.24) is 5.32 Å². The average Bonchev–Trinajstić information content (AvgIpc) is 3.26. The summed E-state index contributed by atoms with van der Waals surface area (Å²) in [7, 11) is 0. The molecular formula is C19H23BrClNO. The number of hydrogen-bond acceptors (Lipinski definition) is 1. The van der Waals surface area contributed by atoms with E-state index in [2.05, 4.69) is 53.3 Å². The van der Waals surface area contributed by atoms with E-state index in [1.807, 2.05) is 25.1 Å². The Morgan fingerprint density at radius 3 is 2.74 bits per heavy atom. The molecule has 0 saturated heterocycles. The van der Waals surface area contributed by atoms with Crippen molar-refractivity contribution in [3.63, 3.8) is 0 Å². The van der Waals surface area contributed by atoms with E-state index in [-0.39, 0.29) is 11.9 Å². The van der Waals surface area contributed by atoms with Gasteiger partial charge in [-0.25, -0.2) is 0 Å². The molecule has 0 spiro atoms. The molecule has 1 aliphatic carbocycles. The maximum atomic E-state index is 11.7. The highest BCUT2D eigenvalue weighted by molar-refractivity contribution is 9.10. The largest absolute Gasteiger partial charge is 0.350 e. The summed E-state index contributed by atoms with van der Waals surface area (Å²) < 4.78 is 0.946. The van der Waals surface area contributed by atoms with Crippen LogP contribution in [0.3, 0.4) is 0 Å². The molecule has 1 N–H and O–H groups in total. The smallest absolute Gasteiger partial charge is 0.244 e. The number of carbonyl (C=O) groups is 1. The molecule has 2 rings (SSSR count). The topological polar surface area (TPSA) is 29.1 Å². The molecule has 0 bridgehead atoms. The lowest BCUT2D eigenvalue weighted by atomic mass is 10.1. The molecule has 0 aliphatic heterocycles. The Hall–Kier alpha value is -1.06. The molecule has 1 amide bonds. The molecule has 1 fully saturated rings. The summed E-state index contributed by atoms with van der Waals surface area (Å²) >= 11 is 9.49. The molecule has 1 aliphatic rings. The summed E-state index contributed by atoms with van der Waals surface area (Å²) in [6.45, 7) is 6.21. The molecular weight excluding hydrogens is 374 g/mol. The van der Waals surface area contributed by atoms with Crippen molar-refractivity contribution in [3.8, 4) is 0 Å². The Balaban J connectivity index is 1.80. The van der Waals surface area contributed by atoms with Crippen LogP contribution < -0.4 is 5.32 Å². The number of benzene rings is 1. The van der Waals surface area contributed by atoms with Crippen molar-refractivity contribution in [1.29, 1.82) is 0 Å². The van der Waals surface area contributed by atoms with Gasteiger partial charge in [0.05, 0.1) is 5.02 Å². The highest BCUT2D eigenvalue weighted by Crippen LogP contribution is 2.49. The second kappa shape index (κ2) is 8.16. The van der Waals surface area contributed by atoms with E-state index in [0.29, 0.717) is 17.8 Å². The van der Waals surface area contributed by atoms with E-state index in [0.717, 1.165) is 15.9 Å². The van der Waals surface area contributed by atoms with Crippen molar-refractivity contribution >= 4 is 33.4 Å². The molecule has 1 saturated carbocycles. The average molecular weight is 397 g/mol. The first-order valence-corrected chi connectivity index (χ1v) is 9.16. The molecule has 124 valence electrons. The van der Waals surface area contributed by atoms with Gasteiger partial charge in [-0.2, -0.15) is 0 Å². The second-order valence-corrected chi connectivity index (χ2v) is 7.73. The van der Waals surface area contributed by atoms with Gasteiger partial charge in [0.15, 0.2) is 0 Å². The number of nitrogens with one attached hydrogen (secondary N) is 1. The van der Waals surface area contributed by atoms with Gasteiger partial charge >= 0.3 is 0 Å². The molecule has 4 heteroatoms. The summed E-state index contributed by atoms with van der Waals surface area (Å²) in [5, 5.41) is 3.69. The van der Waals surface area contributed by atoms with E-state index in [1.54, 1.807) is 6.08 Å². The van der Waals surface area contributed by atoms with Crippen LogP contribution in [0.5, 0.6) is 0 Å². The number of rotatable bonds is 6. The van der Waals surface area contributed by atoms with Crippen LogP contribution in [0.15, 0.2) is 47.0 Å². The zero-order valence-electron chi connectivity index (χ0n) is 13.7. The van der Waals surface area contributed by atoms with Gasteiger partial charge in [-0.3, -0.25) is 4.79 Å². The molecule has 0 aromatic heterocycles. The minimum absolute atomic E-state index is 0.0372. The third-order valence-corrected chi connectivity index (χ3v) is 5.51. The van der Waals surface area contributed by atoms with Crippen LogP contribution in [0.1, 0.15) is 38.7 Å². The molecule has 1 unspecified atom stereocenters. The molecule has 23 heavy (non-hydrogen) atoms. The number of halogens is 2. The summed E-state index contributed by atoms with van der Waals surface area (Å²) in [4.78, 5) is 11.7. The van der Waals surface area contributed by atoms with Crippen molar-refractivity contribution in [2.24, 2.45) is 11.8 Å². The van der Waals surface area contributed by atoms with Gasteiger partial charge in [0.2, 0.25) is 5.91 Å². The summed E-state index contributed by atoms with van der Waals surface area (Å²) in [6.07, 6.45) is 8.69. The minimum atomic E-state index is -0.0372. The van der Waals surface area contributed by atoms with E-state index >= 15 is 0 Å². The summed E-state index contributed by atoms with van der Waals surface area (Å²) in [6, 6.07) is 6.30. The minimum Gasteiger partial charge on any atom is -0.350 e. The van der Waals surface area contributed by atoms with E-state index in [1.165, 1.54) is 5.56 Å². The molecule has 0 radical (unpaired) electrons. The first-order valence-electron chi connectivity index (χ1n) is 7.98. The molecule has 0 heterocycles. The van der Waals surface area contributed by atoms with E-state index < -0.39 is 0 Å². The monoisotopic (exact) mass is 395 g/mol. The van der Waals surface area contributed by atoms with E-state index in [4.69, 9.17) is 11.6 Å². The Labute approximate surface area is 152 Å². The van der Waals surface area contributed by atoms with Gasteiger partial charge in [0, 0.05) is 16.6 Å². The Morgan fingerprint density at radius 1 is 1.35 bits per heavy atom. The zero-order chi connectivity index (χ0) is 17.0. The Kier molecular flexibility index (Phi) is 6.49. The van der Waals surface area contributed by atoms with Gasteiger partial charge in [0.1, 0.15) is 0 Å². The number of carbonyl (C=O) groups excluding carboxylic acids is 1. The lowest BCUT2D eigenvalue weighted by Crippen LogP contribution is -2.34. The fraction of sp³-hybridized carbons (Fsp3) is 0.421. The third-order valence-electron chi connectivity index (χ3n) is 4.30. The lowest BCUT2D eigenvalue weighted by Gasteiger charge is -2.15. The fourth-order valence-electron chi connectivity index (χ4n) is 2.34. The van der Waals surface area contributed by atoms with Crippen molar-refractivity contribution in [2.75, 3.05) is 0 Å². The van der Waals surface area contributed by atoms with Crippen molar-refractivity contribution in [3.05, 3.63) is 57.6 Å². The van der Waals surface area contributed by atoms with Gasteiger partial charge in [-0.1, -0.05) is 49.7 Å². The van der Waals surface area contributed by atoms with Crippen LogP contribution in [-0.2, 0) is 4.79 Å². The van der Waals surface area contributed by atoms with Gasteiger partial charge in [0.25, 0.3) is 0 Å². The highest BCUT2D eigenvalue weighted by Gasteiger charge is 2.36. The normalized spacial score (nSPS) is 22.0. The SMILES string of the molecule is CC(C)C(C)NC(=O)/C=C/C=C/[C@@H]1C[C@H]1c1ccc(Cl)c(Br)c1. The van der Waals surface area contributed by atoms with Crippen LogP contribution in [0.4, 0.5) is 0 Å². The van der Waals surface area contributed by atoms with Crippen LogP contribution in [0.2, 0.25) is 5.02 Å². The lowest BCUT2D eigenvalue weighted by molar-refractivity contribution is -0.117. The zero-order valence-corrected chi connectivity index (χ0v) is 16.1. The van der Waals surface area contributed by atoms with Crippen LogP contribution in [0, 0.1) is 11.8 Å². The molecule has 2 nitrogen and oxygen atoms in total. The fourth-order valence-corrected chi connectivity index (χ4v) is 2.86. The quantitative estimate of drug-likeness (QED) is 0.500. The van der Waals surface area contributed by atoms with Crippen LogP contribution in [0.25, 0.3) is 0 Å². The Morgan fingerprint density at radius 2 is 2.09 bits per heavy atom. The third kappa shape index (κ3) is 5.50. The highest BCUT2D eigenvalue weighted by atomic mass is 79.9. The predicted octanol–water partition coefficient (Wildman–Crippen LogP) is 5.48. The maximum Gasteiger partial charge on any atom is 0.244 e. The first-order chi connectivity index (χ1) is 10.9. The molecule has 3 atom stereocenters. The van der Waals surface area contributed by atoms with Crippen molar-refractivity contribution in [2.45, 2.75) is 39.2 Å². The second-order valence-electron chi connectivity index (χ2n) is 6.46. The molecule has 1 aromatic carbocycles. The molecule has 1 aromatic rings. The summed E-state index contributed by atoms with van der Waals surface area (Å²) in [5.41, 5.74) is 1.31.